The third kappa shape index (κ3) is 5.99. The standard InChI is InChI=1S/C4H12NO3P/c1-9(7,8)3-4(6)2-5/h4,6H,2-3,5H2,1H3,(H,7,8)/t4-/m0/s1. The van der Waals surface area contributed by atoms with Crippen molar-refractivity contribution in [1.82, 2.24) is 0 Å². The molecule has 0 radical (unpaired) electrons. The zero-order chi connectivity index (χ0) is 7.49. The molecular weight excluding hydrogens is 141 g/mol. The molecule has 0 bridgehead atoms. The maximum atomic E-state index is 10.5. The van der Waals surface area contributed by atoms with Gasteiger partial charge in [0.1, 0.15) is 0 Å². The highest BCUT2D eigenvalue weighted by molar-refractivity contribution is 7.57. The Labute approximate surface area is 54.1 Å². The minimum absolute atomic E-state index is 0.0401. The van der Waals surface area contributed by atoms with Crippen LogP contribution in [0.4, 0.5) is 0 Å². The zero-order valence-corrected chi connectivity index (χ0v) is 6.21. The van der Waals surface area contributed by atoms with E-state index in [4.69, 9.17) is 15.7 Å². The topological polar surface area (TPSA) is 83.5 Å². The summed E-state index contributed by atoms with van der Waals surface area (Å²) in [5.74, 6) is 0. The van der Waals surface area contributed by atoms with Gasteiger partial charge in [-0.2, -0.15) is 0 Å². The van der Waals surface area contributed by atoms with Gasteiger partial charge in [0.15, 0.2) is 7.37 Å². The van der Waals surface area contributed by atoms with Crippen LogP contribution in [-0.4, -0.2) is 35.5 Å². The fourth-order valence-corrected chi connectivity index (χ4v) is 1.40. The van der Waals surface area contributed by atoms with Crippen LogP contribution in [0.5, 0.6) is 0 Å². The van der Waals surface area contributed by atoms with E-state index in [2.05, 4.69) is 0 Å². The smallest absolute Gasteiger partial charge is 0.200 e. The van der Waals surface area contributed by atoms with Crippen molar-refractivity contribution in [2.24, 2.45) is 5.73 Å². The molecule has 0 saturated heterocycles. The Morgan fingerprint density at radius 2 is 2.22 bits per heavy atom. The summed E-state index contributed by atoms with van der Waals surface area (Å²) in [5, 5.41) is 8.74. The first-order valence-electron chi connectivity index (χ1n) is 2.63. The van der Waals surface area contributed by atoms with E-state index in [9.17, 15) is 4.57 Å². The molecular formula is C4H12NO3P. The molecule has 4 nitrogen and oxygen atoms in total. The molecule has 0 aromatic carbocycles. The highest BCUT2D eigenvalue weighted by Gasteiger charge is 2.14. The van der Waals surface area contributed by atoms with Gasteiger partial charge in [-0.1, -0.05) is 0 Å². The molecule has 0 aromatic rings. The second-order valence-corrected chi connectivity index (χ2v) is 4.59. The van der Waals surface area contributed by atoms with Crippen LogP contribution in [0.2, 0.25) is 0 Å². The summed E-state index contributed by atoms with van der Waals surface area (Å²) < 4.78 is 10.5. The first-order chi connectivity index (χ1) is 3.95. The number of hydrogen-bond acceptors (Lipinski definition) is 3. The van der Waals surface area contributed by atoms with E-state index in [1.54, 1.807) is 0 Å². The average molecular weight is 153 g/mol. The molecule has 9 heavy (non-hydrogen) atoms. The normalized spacial score (nSPS) is 20.9. The number of nitrogens with two attached hydrogens (primary N) is 1. The minimum Gasteiger partial charge on any atom is -0.391 e. The first kappa shape index (κ1) is 9.11. The van der Waals surface area contributed by atoms with Crippen molar-refractivity contribution in [2.75, 3.05) is 19.4 Å². The summed E-state index contributed by atoms with van der Waals surface area (Å²) in [6.45, 7) is 1.24. The third-order valence-electron chi connectivity index (χ3n) is 0.822. The summed E-state index contributed by atoms with van der Waals surface area (Å²) in [6, 6.07) is 0. The fourth-order valence-electron chi connectivity index (χ4n) is 0.466. The lowest BCUT2D eigenvalue weighted by molar-refractivity contribution is 0.202. The second-order valence-electron chi connectivity index (χ2n) is 2.12. The molecule has 56 valence electrons. The van der Waals surface area contributed by atoms with Gasteiger partial charge in [0.25, 0.3) is 0 Å². The number of rotatable bonds is 3. The molecule has 0 aromatic heterocycles. The van der Waals surface area contributed by atoms with Gasteiger partial charge in [-0.25, -0.2) is 0 Å². The third-order valence-corrected chi connectivity index (χ3v) is 1.92. The summed E-state index contributed by atoms with van der Waals surface area (Å²) in [7, 11) is -3.07. The lowest BCUT2D eigenvalue weighted by Crippen LogP contribution is -2.23. The van der Waals surface area contributed by atoms with E-state index < -0.39 is 13.5 Å². The molecule has 0 aliphatic carbocycles. The van der Waals surface area contributed by atoms with Crippen molar-refractivity contribution in [1.29, 1.82) is 0 Å². The van der Waals surface area contributed by atoms with Gasteiger partial charge in [-0.15, -0.1) is 0 Å². The Kier molecular flexibility index (Phi) is 3.36. The maximum absolute atomic E-state index is 10.5. The highest BCUT2D eigenvalue weighted by atomic mass is 31.2. The van der Waals surface area contributed by atoms with Crippen LogP contribution < -0.4 is 5.73 Å². The Bertz CT molecular complexity index is 121. The Morgan fingerprint density at radius 1 is 1.78 bits per heavy atom. The Balaban J connectivity index is 3.60. The molecule has 0 heterocycles. The van der Waals surface area contributed by atoms with Gasteiger partial charge in [0.05, 0.1) is 12.3 Å². The number of hydrogen-bond donors (Lipinski definition) is 3. The summed E-state index contributed by atoms with van der Waals surface area (Å²) in [5.41, 5.74) is 5.00. The average Bonchev–Trinajstić information content (AvgIpc) is 1.62. The predicted octanol–water partition coefficient (Wildman–Crippen LogP) is -0.794. The molecule has 0 rings (SSSR count). The lowest BCUT2D eigenvalue weighted by atomic mass is 10.4. The minimum atomic E-state index is -3.07. The molecule has 2 atom stereocenters. The quantitative estimate of drug-likeness (QED) is 0.464. The van der Waals surface area contributed by atoms with Crippen molar-refractivity contribution in [3.63, 3.8) is 0 Å². The molecule has 1 unspecified atom stereocenters. The second kappa shape index (κ2) is 3.32. The van der Waals surface area contributed by atoms with Gasteiger partial charge in [-0.05, 0) is 0 Å². The molecule has 5 heteroatoms. The molecule has 0 saturated carbocycles. The van der Waals surface area contributed by atoms with Gasteiger partial charge in [0, 0.05) is 13.2 Å². The van der Waals surface area contributed by atoms with Crippen molar-refractivity contribution >= 4 is 7.37 Å². The summed E-state index contributed by atoms with van der Waals surface area (Å²) >= 11 is 0. The molecule has 0 aliphatic heterocycles. The van der Waals surface area contributed by atoms with E-state index in [-0.39, 0.29) is 12.7 Å². The maximum Gasteiger partial charge on any atom is 0.200 e. The SMILES string of the molecule is CP(=O)(O)C[C@@H](O)CN. The Morgan fingerprint density at radius 3 is 2.33 bits per heavy atom. The summed E-state index contributed by atoms with van der Waals surface area (Å²) in [6.07, 6.45) is -0.949. The van der Waals surface area contributed by atoms with Gasteiger partial charge < -0.3 is 15.7 Å². The first-order valence-corrected chi connectivity index (χ1v) is 4.92. The molecule has 0 aliphatic rings. The fraction of sp³-hybridized carbons (Fsp3) is 1.00. The molecule has 0 spiro atoms. The number of aliphatic hydroxyl groups is 1. The monoisotopic (exact) mass is 153 g/mol. The lowest BCUT2D eigenvalue weighted by Gasteiger charge is -2.08. The predicted molar refractivity (Wildman–Crippen MR) is 35.7 cm³/mol. The number of aliphatic hydroxyl groups excluding tert-OH is 1. The van der Waals surface area contributed by atoms with Gasteiger partial charge in [0.2, 0.25) is 0 Å². The Hall–Kier alpha value is 0.110. The van der Waals surface area contributed by atoms with E-state index in [0.29, 0.717) is 0 Å². The van der Waals surface area contributed by atoms with E-state index >= 15 is 0 Å². The van der Waals surface area contributed by atoms with Crippen LogP contribution in [0.1, 0.15) is 0 Å². The van der Waals surface area contributed by atoms with Crippen molar-refractivity contribution in [2.45, 2.75) is 6.10 Å². The van der Waals surface area contributed by atoms with Crippen molar-refractivity contribution in [3.8, 4) is 0 Å². The van der Waals surface area contributed by atoms with Crippen LogP contribution in [0, 0.1) is 0 Å². The molecule has 0 fully saturated rings. The largest absolute Gasteiger partial charge is 0.391 e. The van der Waals surface area contributed by atoms with Gasteiger partial charge >= 0.3 is 0 Å². The molecule has 4 N–H and O–H groups in total. The van der Waals surface area contributed by atoms with Crippen molar-refractivity contribution < 1.29 is 14.6 Å². The van der Waals surface area contributed by atoms with E-state index in [0.717, 1.165) is 0 Å². The summed E-state index contributed by atoms with van der Waals surface area (Å²) in [4.78, 5) is 8.66. The van der Waals surface area contributed by atoms with E-state index in [1.165, 1.54) is 6.66 Å². The molecule has 0 amide bonds. The van der Waals surface area contributed by atoms with Crippen molar-refractivity contribution in [3.05, 3.63) is 0 Å². The van der Waals surface area contributed by atoms with Crippen LogP contribution in [0.3, 0.4) is 0 Å². The van der Waals surface area contributed by atoms with Crippen LogP contribution in [0.15, 0.2) is 0 Å². The zero-order valence-electron chi connectivity index (χ0n) is 5.32. The van der Waals surface area contributed by atoms with E-state index in [1.807, 2.05) is 0 Å². The highest BCUT2D eigenvalue weighted by Crippen LogP contribution is 2.35. The van der Waals surface area contributed by atoms with Crippen LogP contribution in [-0.2, 0) is 4.57 Å². The van der Waals surface area contributed by atoms with Crippen LogP contribution >= 0.6 is 7.37 Å². The van der Waals surface area contributed by atoms with Gasteiger partial charge in [-0.3, -0.25) is 4.57 Å². The van der Waals surface area contributed by atoms with Crippen LogP contribution in [0.25, 0.3) is 0 Å².